The van der Waals surface area contributed by atoms with Gasteiger partial charge in [0.15, 0.2) is 23.0 Å². The first kappa shape index (κ1) is 20.8. The van der Waals surface area contributed by atoms with Crippen LogP contribution in [0.5, 0.6) is 28.7 Å². The Morgan fingerprint density at radius 1 is 0.933 bits per heavy atom. The third-order valence-corrected chi connectivity index (χ3v) is 5.08. The quantitative estimate of drug-likeness (QED) is 0.558. The van der Waals surface area contributed by atoms with Crippen LogP contribution in [-0.2, 0) is 9.59 Å². The number of carboxylic acids is 2. The summed E-state index contributed by atoms with van der Waals surface area (Å²) in [5.41, 5.74) is 0.615. The number of rotatable bonds is 6. The Bertz CT molecular complexity index is 1050. The molecule has 9 heteroatoms. The summed E-state index contributed by atoms with van der Waals surface area (Å²) in [6.07, 6.45) is 1.23. The van der Waals surface area contributed by atoms with Gasteiger partial charge in [0.2, 0.25) is 5.75 Å². The van der Waals surface area contributed by atoms with Gasteiger partial charge in [0.1, 0.15) is 0 Å². The van der Waals surface area contributed by atoms with Gasteiger partial charge in [-0.3, -0.25) is 4.79 Å². The molecule has 4 N–H and O–H groups in total. The summed E-state index contributed by atoms with van der Waals surface area (Å²) in [6, 6.07) is 5.62. The maximum Gasteiger partial charge on any atom is 0.332 e. The number of phenols is 2. The van der Waals surface area contributed by atoms with Crippen LogP contribution in [-0.4, -0.2) is 53.7 Å². The molecule has 2 atom stereocenters. The third-order valence-electron chi connectivity index (χ3n) is 5.08. The van der Waals surface area contributed by atoms with Gasteiger partial charge in [-0.15, -0.1) is 0 Å². The molecule has 0 amide bonds. The molecule has 0 aliphatic heterocycles. The molecule has 2 aromatic carbocycles. The van der Waals surface area contributed by atoms with Gasteiger partial charge in [0.05, 0.1) is 32.8 Å². The van der Waals surface area contributed by atoms with Crippen molar-refractivity contribution < 1.29 is 44.2 Å². The third kappa shape index (κ3) is 3.24. The second-order valence-electron chi connectivity index (χ2n) is 6.59. The lowest BCUT2D eigenvalue weighted by atomic mass is 9.71. The van der Waals surface area contributed by atoms with Gasteiger partial charge in [-0.1, -0.05) is 6.07 Å². The Kier molecular flexibility index (Phi) is 5.46. The molecule has 0 saturated carbocycles. The van der Waals surface area contributed by atoms with E-state index in [0.717, 1.165) is 0 Å². The molecule has 0 fully saturated rings. The molecule has 2 aromatic rings. The minimum atomic E-state index is -1.49. The smallest absolute Gasteiger partial charge is 0.332 e. The molecule has 0 heterocycles. The molecule has 30 heavy (non-hydrogen) atoms. The van der Waals surface area contributed by atoms with Crippen LogP contribution < -0.4 is 14.2 Å². The number of phenolic OH excluding ortho intramolecular Hbond substituents is 2. The fourth-order valence-corrected chi connectivity index (χ4v) is 3.78. The van der Waals surface area contributed by atoms with E-state index in [1.54, 1.807) is 0 Å². The molecule has 1 aliphatic rings. The summed E-state index contributed by atoms with van der Waals surface area (Å²) in [6.45, 7) is 0. The van der Waals surface area contributed by atoms with E-state index in [-0.39, 0.29) is 39.9 Å². The molecule has 158 valence electrons. The molecule has 3 rings (SSSR count). The number of aliphatic carboxylic acids is 2. The van der Waals surface area contributed by atoms with Crippen molar-refractivity contribution >= 4 is 18.0 Å². The minimum absolute atomic E-state index is 0.0340. The van der Waals surface area contributed by atoms with E-state index >= 15 is 0 Å². The van der Waals surface area contributed by atoms with Crippen LogP contribution in [0.15, 0.2) is 29.8 Å². The lowest BCUT2D eigenvalue weighted by Crippen LogP contribution is -2.31. The molecule has 0 bridgehead atoms. The summed E-state index contributed by atoms with van der Waals surface area (Å²) < 4.78 is 15.6. The van der Waals surface area contributed by atoms with Gasteiger partial charge < -0.3 is 34.6 Å². The molecule has 0 radical (unpaired) electrons. The van der Waals surface area contributed by atoms with Crippen molar-refractivity contribution in [3.05, 3.63) is 46.5 Å². The summed E-state index contributed by atoms with van der Waals surface area (Å²) >= 11 is 0. The first-order chi connectivity index (χ1) is 14.2. The topological polar surface area (TPSA) is 143 Å². The molecule has 0 spiro atoms. The van der Waals surface area contributed by atoms with E-state index < -0.39 is 23.8 Å². The van der Waals surface area contributed by atoms with Crippen molar-refractivity contribution in [2.24, 2.45) is 5.92 Å². The number of aromatic hydroxyl groups is 2. The molecular weight excluding hydrogens is 396 g/mol. The first-order valence-electron chi connectivity index (χ1n) is 8.77. The summed E-state index contributed by atoms with van der Waals surface area (Å²) in [5.74, 6) is -5.73. The summed E-state index contributed by atoms with van der Waals surface area (Å²) in [4.78, 5) is 24.1. The van der Waals surface area contributed by atoms with E-state index in [9.17, 15) is 30.0 Å². The highest BCUT2D eigenvalue weighted by molar-refractivity contribution is 6.01. The largest absolute Gasteiger partial charge is 0.504 e. The molecular formula is C21H20O9. The van der Waals surface area contributed by atoms with Crippen molar-refractivity contribution in [2.45, 2.75) is 5.92 Å². The van der Waals surface area contributed by atoms with Gasteiger partial charge >= 0.3 is 11.9 Å². The van der Waals surface area contributed by atoms with E-state index in [1.807, 2.05) is 0 Å². The normalized spacial score (nSPS) is 17.5. The highest BCUT2D eigenvalue weighted by Crippen LogP contribution is 2.53. The zero-order valence-corrected chi connectivity index (χ0v) is 16.4. The lowest BCUT2D eigenvalue weighted by Gasteiger charge is -2.32. The van der Waals surface area contributed by atoms with Crippen molar-refractivity contribution in [3.63, 3.8) is 0 Å². The Morgan fingerprint density at radius 3 is 2.13 bits per heavy atom. The summed E-state index contributed by atoms with van der Waals surface area (Å²) in [7, 11) is 3.96. The number of carbonyl (C=O) groups is 2. The predicted molar refractivity (Wildman–Crippen MR) is 104 cm³/mol. The molecule has 9 nitrogen and oxygen atoms in total. The van der Waals surface area contributed by atoms with Crippen LogP contribution in [0.3, 0.4) is 0 Å². The fourth-order valence-electron chi connectivity index (χ4n) is 3.78. The van der Waals surface area contributed by atoms with Crippen LogP contribution in [0.4, 0.5) is 0 Å². The number of hydrogen-bond donors (Lipinski definition) is 4. The van der Waals surface area contributed by atoms with E-state index in [0.29, 0.717) is 11.1 Å². The predicted octanol–water partition coefficient (Wildman–Crippen LogP) is 2.44. The lowest BCUT2D eigenvalue weighted by molar-refractivity contribution is -0.144. The number of methoxy groups -OCH3 is 3. The second kappa shape index (κ2) is 7.86. The number of carboxylic acid groups (broad SMARTS) is 2. The monoisotopic (exact) mass is 416 g/mol. The maximum atomic E-state index is 12.2. The molecule has 0 unspecified atom stereocenters. The van der Waals surface area contributed by atoms with Gasteiger partial charge in [-0.25, -0.2) is 4.79 Å². The standard InChI is InChI=1S/C21H20O9/c1-28-13-7-9(4-5-12(13)22)15-16-10(6-11(20(24)25)17(15)21(26)27)8-14(29-2)18(23)19(16)30-3/h4-8,15,17,22-23H,1-3H3,(H,24,25)(H,26,27)/t15-,17+/m1/s1. The number of fused-ring (bicyclic) bond motifs is 1. The SMILES string of the molecule is COc1cc([C@@H]2c3c(cc(OC)c(O)c3OC)C=C(C(=O)O)[C@@H]2C(=O)O)ccc1O. The van der Waals surface area contributed by atoms with Crippen molar-refractivity contribution in [3.8, 4) is 28.7 Å². The Hall–Kier alpha value is -3.88. The average molecular weight is 416 g/mol. The molecule has 0 saturated heterocycles. The van der Waals surface area contributed by atoms with Gasteiger partial charge in [-0.2, -0.15) is 0 Å². The molecule has 1 aliphatic carbocycles. The second-order valence-corrected chi connectivity index (χ2v) is 6.59. The van der Waals surface area contributed by atoms with E-state index in [1.165, 1.54) is 51.7 Å². The maximum absolute atomic E-state index is 12.2. The van der Waals surface area contributed by atoms with E-state index in [4.69, 9.17) is 14.2 Å². The number of benzene rings is 2. The van der Waals surface area contributed by atoms with Crippen LogP contribution >= 0.6 is 0 Å². The van der Waals surface area contributed by atoms with Gasteiger partial charge in [0, 0.05) is 11.5 Å². The van der Waals surface area contributed by atoms with Crippen LogP contribution in [0.1, 0.15) is 22.6 Å². The van der Waals surface area contributed by atoms with Crippen molar-refractivity contribution in [2.75, 3.05) is 21.3 Å². The Labute approximate surface area is 171 Å². The van der Waals surface area contributed by atoms with Crippen LogP contribution in [0, 0.1) is 5.92 Å². The van der Waals surface area contributed by atoms with E-state index in [2.05, 4.69) is 0 Å². The zero-order valence-electron chi connectivity index (χ0n) is 16.4. The van der Waals surface area contributed by atoms with Gasteiger partial charge in [-0.05, 0) is 35.4 Å². The first-order valence-corrected chi connectivity index (χ1v) is 8.77. The van der Waals surface area contributed by atoms with Gasteiger partial charge in [0.25, 0.3) is 0 Å². The Morgan fingerprint density at radius 2 is 1.60 bits per heavy atom. The minimum Gasteiger partial charge on any atom is -0.504 e. The van der Waals surface area contributed by atoms with Crippen LogP contribution in [0.25, 0.3) is 6.08 Å². The average Bonchev–Trinajstić information content (AvgIpc) is 2.72. The highest BCUT2D eigenvalue weighted by Gasteiger charge is 2.43. The number of ether oxygens (including phenoxy) is 3. The number of hydrogen-bond acceptors (Lipinski definition) is 7. The van der Waals surface area contributed by atoms with Crippen molar-refractivity contribution in [1.82, 2.24) is 0 Å². The molecule has 0 aromatic heterocycles. The zero-order chi connectivity index (χ0) is 22.2. The Balaban J connectivity index is 2.42. The van der Waals surface area contributed by atoms with Crippen molar-refractivity contribution in [1.29, 1.82) is 0 Å². The van der Waals surface area contributed by atoms with Crippen LogP contribution in [0.2, 0.25) is 0 Å². The summed E-state index contributed by atoms with van der Waals surface area (Å²) in [5, 5.41) is 40.1. The fraction of sp³-hybridized carbons (Fsp3) is 0.238. The highest BCUT2D eigenvalue weighted by atomic mass is 16.5.